The molecule has 0 spiro atoms. The molecule has 2 N–H and O–H groups in total. The van der Waals surface area contributed by atoms with Crippen molar-refractivity contribution >= 4 is 11.0 Å². The maximum Gasteiger partial charge on any atom is 0.137 e. The number of fused-ring (bicyclic) bond motifs is 1. The van der Waals surface area contributed by atoms with Crippen LogP contribution in [-0.4, -0.2) is 30.0 Å². The van der Waals surface area contributed by atoms with E-state index in [-0.39, 0.29) is 12.3 Å². The molecule has 1 heterocycles. The molecule has 1 aromatic heterocycles. The van der Waals surface area contributed by atoms with Gasteiger partial charge in [0.15, 0.2) is 0 Å². The van der Waals surface area contributed by atoms with E-state index in [0.29, 0.717) is 22.1 Å². The maximum absolute atomic E-state index is 9.73. The minimum Gasteiger partial charge on any atom is -0.508 e. The average molecular weight is 325 g/mol. The number of hydrogen-bond donors (Lipinski definition) is 2. The number of ether oxygens (including phenoxy) is 1. The molecule has 0 aliphatic rings. The number of benzene rings is 2. The van der Waals surface area contributed by atoms with Gasteiger partial charge in [-0.1, -0.05) is 0 Å². The van der Waals surface area contributed by atoms with Gasteiger partial charge in [-0.3, -0.25) is 4.99 Å². The first-order chi connectivity index (χ1) is 11.6. The Morgan fingerprint density at radius 1 is 1.12 bits per heavy atom. The molecule has 0 bridgehead atoms. The fourth-order valence-electron chi connectivity index (χ4n) is 2.42. The second-order valence-corrected chi connectivity index (χ2v) is 5.59. The number of aromatic hydroxyl groups is 1. The lowest BCUT2D eigenvalue weighted by molar-refractivity contribution is 0.203. The third-order valence-electron chi connectivity index (χ3n) is 3.63. The summed E-state index contributed by atoms with van der Waals surface area (Å²) in [5.74, 6) is 1.56. The quantitative estimate of drug-likeness (QED) is 0.773. The van der Waals surface area contributed by atoms with Gasteiger partial charge in [0, 0.05) is 17.0 Å². The van der Waals surface area contributed by atoms with E-state index in [1.54, 1.807) is 32.2 Å². The Bertz CT molecular complexity index is 911. The highest BCUT2D eigenvalue weighted by Crippen LogP contribution is 2.25. The van der Waals surface area contributed by atoms with E-state index < -0.39 is 6.10 Å². The zero-order chi connectivity index (χ0) is 17.1. The molecule has 0 fully saturated rings. The molecule has 0 aliphatic heterocycles. The van der Waals surface area contributed by atoms with Crippen LogP contribution in [-0.2, 0) is 0 Å². The number of methoxy groups -OCH3 is 1. The van der Waals surface area contributed by atoms with Gasteiger partial charge in [0.2, 0.25) is 0 Å². The van der Waals surface area contributed by atoms with Crippen molar-refractivity contribution in [2.45, 2.75) is 13.0 Å². The summed E-state index contributed by atoms with van der Waals surface area (Å²) in [4.78, 5) is 4.45. The number of aliphatic hydroxyl groups is 1. The molecule has 3 aromatic rings. The molecule has 0 saturated carbocycles. The van der Waals surface area contributed by atoms with Crippen molar-refractivity contribution in [1.29, 1.82) is 0 Å². The second-order valence-electron chi connectivity index (χ2n) is 5.59. The summed E-state index contributed by atoms with van der Waals surface area (Å²) in [6, 6.07) is 14.2. The Kier molecular flexibility index (Phi) is 4.53. The Morgan fingerprint density at radius 2 is 1.88 bits per heavy atom. The summed E-state index contributed by atoms with van der Waals surface area (Å²) in [6.07, 6.45) is -0.543. The van der Waals surface area contributed by atoms with Crippen molar-refractivity contribution in [2.24, 2.45) is 4.99 Å². The third kappa shape index (κ3) is 3.41. The summed E-state index contributed by atoms with van der Waals surface area (Å²) in [6.45, 7) is 1.96. The molecular formula is C19H19NO4. The van der Waals surface area contributed by atoms with Crippen LogP contribution in [0.5, 0.6) is 11.5 Å². The van der Waals surface area contributed by atoms with Gasteiger partial charge >= 0.3 is 0 Å². The minimum absolute atomic E-state index is 0.142. The Labute approximate surface area is 139 Å². The van der Waals surface area contributed by atoms with E-state index >= 15 is 0 Å². The number of hydrogen-bond acceptors (Lipinski definition) is 5. The van der Waals surface area contributed by atoms with Gasteiger partial charge in [0.05, 0.1) is 25.1 Å². The first-order valence-corrected chi connectivity index (χ1v) is 7.66. The third-order valence-corrected chi connectivity index (χ3v) is 3.63. The van der Waals surface area contributed by atoms with Crippen LogP contribution in [0, 0.1) is 0 Å². The molecule has 0 radical (unpaired) electrons. The monoisotopic (exact) mass is 325 g/mol. The lowest BCUT2D eigenvalue weighted by atomic mass is 10.1. The molecule has 1 unspecified atom stereocenters. The van der Waals surface area contributed by atoms with E-state index in [0.717, 1.165) is 11.3 Å². The smallest absolute Gasteiger partial charge is 0.137 e. The summed E-state index contributed by atoms with van der Waals surface area (Å²) in [5, 5.41) is 20.6. The number of nitrogens with zero attached hydrogens (tertiary/aromatic N) is 1. The maximum atomic E-state index is 9.73. The Morgan fingerprint density at radius 3 is 2.54 bits per heavy atom. The second kappa shape index (κ2) is 6.76. The Hall–Kier alpha value is -2.79. The summed E-state index contributed by atoms with van der Waals surface area (Å²) >= 11 is 0. The summed E-state index contributed by atoms with van der Waals surface area (Å²) in [7, 11) is 1.62. The molecule has 0 amide bonds. The zero-order valence-corrected chi connectivity index (χ0v) is 13.6. The fourth-order valence-corrected chi connectivity index (χ4v) is 2.42. The lowest BCUT2D eigenvalue weighted by Gasteiger charge is -2.07. The number of rotatable bonds is 4. The molecule has 0 saturated heterocycles. The zero-order valence-electron chi connectivity index (χ0n) is 13.6. The van der Waals surface area contributed by atoms with Gasteiger partial charge in [-0.2, -0.15) is 0 Å². The average Bonchev–Trinajstić information content (AvgIpc) is 2.59. The first-order valence-electron chi connectivity index (χ1n) is 7.66. The van der Waals surface area contributed by atoms with E-state index in [2.05, 4.69) is 4.99 Å². The van der Waals surface area contributed by atoms with Gasteiger partial charge in [-0.25, -0.2) is 0 Å². The molecule has 1 atom stereocenters. The first kappa shape index (κ1) is 16.1. The van der Waals surface area contributed by atoms with Gasteiger partial charge in [0.25, 0.3) is 0 Å². The topological polar surface area (TPSA) is 75.2 Å². The molecule has 124 valence electrons. The van der Waals surface area contributed by atoms with Crippen molar-refractivity contribution in [2.75, 3.05) is 13.7 Å². The summed E-state index contributed by atoms with van der Waals surface area (Å²) in [5.41, 5.74) is 1.50. The van der Waals surface area contributed by atoms with Gasteiger partial charge in [-0.05, 0) is 49.4 Å². The predicted molar refractivity (Wildman–Crippen MR) is 92.0 cm³/mol. The number of aliphatic hydroxyl groups excluding tert-OH is 1. The fraction of sp³-hybridized carbons (Fsp3) is 0.211. The largest absolute Gasteiger partial charge is 0.508 e. The normalized spacial score (nSPS) is 13.2. The van der Waals surface area contributed by atoms with Crippen LogP contribution in [0.25, 0.3) is 22.3 Å². The SMILES string of the molecule is COc1ccc(-c2cc(=NCC(C)O)c3cc(O)ccc3o2)cc1. The van der Waals surface area contributed by atoms with E-state index in [9.17, 15) is 10.2 Å². The van der Waals surface area contributed by atoms with Gasteiger partial charge in [-0.15, -0.1) is 0 Å². The summed E-state index contributed by atoms with van der Waals surface area (Å²) < 4.78 is 11.1. The molecule has 2 aromatic carbocycles. The highest BCUT2D eigenvalue weighted by atomic mass is 16.5. The highest BCUT2D eigenvalue weighted by Gasteiger charge is 2.07. The number of phenols is 1. The molecule has 5 nitrogen and oxygen atoms in total. The van der Waals surface area contributed by atoms with Crippen molar-refractivity contribution < 1.29 is 19.4 Å². The Balaban J connectivity index is 2.18. The van der Waals surface area contributed by atoms with Crippen molar-refractivity contribution in [1.82, 2.24) is 0 Å². The molecule has 5 heteroatoms. The van der Waals surface area contributed by atoms with E-state index in [1.807, 2.05) is 30.3 Å². The number of phenolic OH excluding ortho intramolecular Hbond substituents is 1. The van der Waals surface area contributed by atoms with Crippen LogP contribution in [0.15, 0.2) is 57.9 Å². The van der Waals surface area contributed by atoms with Gasteiger partial charge < -0.3 is 19.4 Å². The lowest BCUT2D eigenvalue weighted by Crippen LogP contribution is -2.11. The van der Waals surface area contributed by atoms with Crippen LogP contribution >= 0.6 is 0 Å². The van der Waals surface area contributed by atoms with Crippen LogP contribution in [0.4, 0.5) is 0 Å². The van der Waals surface area contributed by atoms with Crippen molar-refractivity contribution in [3.63, 3.8) is 0 Å². The molecule has 3 rings (SSSR count). The molecule has 0 aliphatic carbocycles. The standard InChI is InChI=1S/C19H19NO4/c1-12(21)11-20-17-10-19(13-3-6-15(23-2)7-4-13)24-18-8-5-14(22)9-16(17)18/h3-10,12,21-22H,11H2,1-2H3. The van der Waals surface area contributed by atoms with Crippen LogP contribution in [0.1, 0.15) is 6.92 Å². The van der Waals surface area contributed by atoms with Crippen LogP contribution in [0.3, 0.4) is 0 Å². The van der Waals surface area contributed by atoms with Crippen LogP contribution < -0.4 is 10.1 Å². The molecule has 24 heavy (non-hydrogen) atoms. The van der Waals surface area contributed by atoms with Crippen molar-refractivity contribution in [3.8, 4) is 22.8 Å². The highest BCUT2D eigenvalue weighted by molar-refractivity contribution is 5.80. The predicted octanol–water partition coefficient (Wildman–Crippen LogP) is 3.10. The molecular weight excluding hydrogens is 306 g/mol. The van der Waals surface area contributed by atoms with Crippen LogP contribution in [0.2, 0.25) is 0 Å². The van der Waals surface area contributed by atoms with E-state index in [1.165, 1.54) is 0 Å². The van der Waals surface area contributed by atoms with Gasteiger partial charge in [0.1, 0.15) is 22.8 Å². The van der Waals surface area contributed by atoms with E-state index in [4.69, 9.17) is 9.15 Å². The minimum atomic E-state index is -0.543. The van der Waals surface area contributed by atoms with Crippen molar-refractivity contribution in [3.05, 3.63) is 53.9 Å².